The first-order valence-corrected chi connectivity index (χ1v) is 13.6. The van der Waals surface area contributed by atoms with Crippen LogP contribution in [0.3, 0.4) is 0 Å². The number of likely N-dealkylation sites (tertiary alicyclic amines) is 1. The summed E-state index contributed by atoms with van der Waals surface area (Å²) in [6.45, 7) is 0.842. The van der Waals surface area contributed by atoms with Crippen molar-refractivity contribution in [3.8, 4) is 16.9 Å². The Kier molecular flexibility index (Phi) is 9.15. The highest BCUT2D eigenvalue weighted by Gasteiger charge is 2.39. The lowest BCUT2D eigenvalue weighted by Gasteiger charge is -2.38. The number of rotatable bonds is 10. The Morgan fingerprint density at radius 2 is 1.55 bits per heavy atom. The van der Waals surface area contributed by atoms with Crippen molar-refractivity contribution in [1.29, 1.82) is 0 Å². The van der Waals surface area contributed by atoms with Gasteiger partial charge in [0, 0.05) is 19.5 Å². The molecule has 0 spiro atoms. The number of amides is 1. The van der Waals surface area contributed by atoms with Crippen LogP contribution in [0.25, 0.3) is 11.1 Å². The molecular formula is C29H32N2O6S. The molecule has 9 heteroatoms. The molecule has 0 radical (unpaired) electrons. The van der Waals surface area contributed by atoms with Crippen LogP contribution in [0.4, 0.5) is 5.69 Å². The van der Waals surface area contributed by atoms with Crippen LogP contribution in [-0.2, 0) is 27.3 Å². The molecule has 1 saturated heterocycles. The van der Waals surface area contributed by atoms with Crippen molar-refractivity contribution in [2.75, 3.05) is 24.5 Å². The molecule has 3 aromatic rings. The summed E-state index contributed by atoms with van der Waals surface area (Å²) in [6, 6.07) is 23.0. The first-order chi connectivity index (χ1) is 18.4. The van der Waals surface area contributed by atoms with Crippen molar-refractivity contribution in [2.24, 2.45) is 5.92 Å². The molecule has 3 aromatic carbocycles. The highest BCUT2D eigenvalue weighted by atomic mass is 32.2. The molecule has 1 aliphatic rings. The van der Waals surface area contributed by atoms with Gasteiger partial charge in [-0.05, 0) is 66.1 Å². The maximum Gasteiger partial charge on any atom is 0.327 e. The topological polar surface area (TPSA) is 107 Å². The van der Waals surface area contributed by atoms with E-state index in [1.165, 1.54) is 0 Å². The smallest absolute Gasteiger partial charge is 0.327 e. The molecule has 2 N–H and O–H groups in total. The molecule has 2 atom stereocenters. The summed E-state index contributed by atoms with van der Waals surface area (Å²) in [5.74, 6) is -0.778. The Bertz CT molecular complexity index is 1240. The average Bonchev–Trinajstić information content (AvgIpc) is 2.95. The van der Waals surface area contributed by atoms with Gasteiger partial charge in [0.05, 0.1) is 12.8 Å². The molecule has 1 amide bonds. The van der Waals surface area contributed by atoms with E-state index in [1.54, 1.807) is 36.3 Å². The largest absolute Gasteiger partial charge is 0.497 e. The lowest BCUT2D eigenvalue weighted by molar-refractivity contribution is -0.140. The number of carboxylic acids is 1. The highest BCUT2D eigenvalue weighted by Crippen LogP contribution is 2.31. The molecule has 2 unspecified atom stereocenters. The summed E-state index contributed by atoms with van der Waals surface area (Å²) in [6.07, 6.45) is 1.92. The van der Waals surface area contributed by atoms with E-state index < -0.39 is 23.3 Å². The minimum absolute atomic E-state index is 0.0379. The van der Waals surface area contributed by atoms with Crippen molar-refractivity contribution < 1.29 is 28.2 Å². The van der Waals surface area contributed by atoms with Gasteiger partial charge < -0.3 is 14.7 Å². The van der Waals surface area contributed by atoms with E-state index in [1.807, 2.05) is 54.6 Å². The monoisotopic (exact) mass is 536 g/mol. The normalized spacial score (nSPS) is 15.5. The summed E-state index contributed by atoms with van der Waals surface area (Å²) < 4.78 is 28.8. The lowest BCUT2D eigenvalue weighted by Crippen LogP contribution is -2.51. The minimum Gasteiger partial charge on any atom is -0.497 e. The van der Waals surface area contributed by atoms with E-state index in [-0.39, 0.29) is 11.8 Å². The van der Waals surface area contributed by atoms with Crippen molar-refractivity contribution in [3.05, 3.63) is 84.4 Å². The van der Waals surface area contributed by atoms with Gasteiger partial charge in [0.25, 0.3) is 11.3 Å². The van der Waals surface area contributed by atoms with Crippen molar-refractivity contribution >= 4 is 28.8 Å². The van der Waals surface area contributed by atoms with Gasteiger partial charge in [0.15, 0.2) is 0 Å². The van der Waals surface area contributed by atoms with E-state index in [0.717, 1.165) is 26.7 Å². The molecule has 0 bridgehead atoms. The summed E-state index contributed by atoms with van der Waals surface area (Å²) in [5.41, 5.74) is 3.26. The number of anilines is 1. The van der Waals surface area contributed by atoms with Crippen LogP contribution in [0.5, 0.6) is 5.75 Å². The first-order valence-electron chi connectivity index (χ1n) is 12.6. The second-order valence-corrected chi connectivity index (χ2v) is 10.2. The maximum absolute atomic E-state index is 12.7. The number of methoxy groups -OCH3 is 1. The number of carboxylic acid groups (broad SMARTS) is 1. The zero-order chi connectivity index (χ0) is 27.1. The molecule has 4 rings (SSSR count). The third-order valence-electron chi connectivity index (χ3n) is 7.03. The number of carbonyl (C=O) groups excluding carboxylic acids is 1. The molecule has 1 aliphatic heterocycles. The Morgan fingerprint density at radius 3 is 2.08 bits per heavy atom. The summed E-state index contributed by atoms with van der Waals surface area (Å²) in [5, 5.41) is 10.1. The molecule has 0 aliphatic carbocycles. The highest BCUT2D eigenvalue weighted by molar-refractivity contribution is 7.80. The zero-order valence-electron chi connectivity index (χ0n) is 21.2. The zero-order valence-corrected chi connectivity index (χ0v) is 22.0. The lowest BCUT2D eigenvalue weighted by atomic mass is 9.88. The third kappa shape index (κ3) is 6.59. The van der Waals surface area contributed by atoms with Gasteiger partial charge in [-0.25, -0.2) is 9.00 Å². The van der Waals surface area contributed by atoms with E-state index in [0.29, 0.717) is 44.5 Å². The van der Waals surface area contributed by atoms with Gasteiger partial charge in [0.1, 0.15) is 11.8 Å². The number of benzene rings is 3. The number of ether oxygens (including phenoxy) is 1. The van der Waals surface area contributed by atoms with Crippen LogP contribution < -0.4 is 9.04 Å². The van der Waals surface area contributed by atoms with Gasteiger partial charge in [-0.15, -0.1) is 0 Å². The van der Waals surface area contributed by atoms with Gasteiger partial charge in [0.2, 0.25) is 5.91 Å². The van der Waals surface area contributed by atoms with Crippen LogP contribution >= 0.6 is 0 Å². The van der Waals surface area contributed by atoms with Gasteiger partial charge >= 0.3 is 5.97 Å². The van der Waals surface area contributed by atoms with Crippen molar-refractivity contribution in [2.45, 2.75) is 31.7 Å². The third-order valence-corrected chi connectivity index (χ3v) is 7.80. The molecule has 38 heavy (non-hydrogen) atoms. The number of hydrogen-bond acceptors (Lipinski definition) is 4. The molecule has 1 fully saturated rings. The Morgan fingerprint density at radius 1 is 0.974 bits per heavy atom. The van der Waals surface area contributed by atoms with Crippen LogP contribution in [-0.4, -0.2) is 56.9 Å². The number of carbonyl (C=O) groups is 2. The van der Waals surface area contributed by atoms with Crippen molar-refractivity contribution in [1.82, 2.24) is 4.90 Å². The fraction of sp³-hybridized carbons (Fsp3) is 0.310. The Hall–Kier alpha value is -3.69. The van der Waals surface area contributed by atoms with E-state index >= 15 is 0 Å². The van der Waals surface area contributed by atoms with Crippen LogP contribution in [0, 0.1) is 5.92 Å². The number of aliphatic carboxylic acids is 1. The van der Waals surface area contributed by atoms with Gasteiger partial charge in [-0.3, -0.25) is 13.7 Å². The van der Waals surface area contributed by atoms with Crippen LogP contribution in [0.2, 0.25) is 0 Å². The fourth-order valence-electron chi connectivity index (χ4n) is 4.94. The van der Waals surface area contributed by atoms with E-state index in [9.17, 15) is 23.5 Å². The first kappa shape index (κ1) is 27.3. The van der Waals surface area contributed by atoms with Gasteiger partial charge in [-0.1, -0.05) is 54.6 Å². The SMILES string of the molecule is COc1ccc(-c2ccc(N(C(C(=O)O)C3CCN(C(=O)CCc4ccccc4)CC3)S(=O)O)cc2)cc1. The molecule has 1 heterocycles. The number of piperidine rings is 1. The fourth-order valence-corrected chi connectivity index (χ4v) is 5.70. The van der Waals surface area contributed by atoms with Crippen molar-refractivity contribution in [3.63, 3.8) is 0 Å². The predicted octanol–water partition coefficient (Wildman–Crippen LogP) is 4.63. The summed E-state index contributed by atoms with van der Waals surface area (Å²) >= 11 is -2.55. The average molecular weight is 537 g/mol. The second kappa shape index (κ2) is 12.7. The standard InChI is InChI=1S/C29H32N2O6S/c1-37-26-14-10-23(11-15-26)22-8-12-25(13-9-22)31(38(35)36)28(29(33)34)24-17-19-30(20-18-24)27(32)16-7-21-5-3-2-4-6-21/h2-6,8-15,24,28H,7,16-20H2,1H3,(H,33,34)(H,35,36). The quantitative estimate of drug-likeness (QED) is 0.366. The molecule has 8 nitrogen and oxygen atoms in total. The van der Waals surface area contributed by atoms with E-state index in [2.05, 4.69) is 0 Å². The Balaban J connectivity index is 1.43. The minimum atomic E-state index is -2.55. The Labute approximate surface area is 225 Å². The second-order valence-electron chi connectivity index (χ2n) is 9.32. The summed E-state index contributed by atoms with van der Waals surface area (Å²) in [7, 11) is 1.60. The molecule has 0 aromatic heterocycles. The summed E-state index contributed by atoms with van der Waals surface area (Å²) in [4.78, 5) is 26.9. The molecule has 0 saturated carbocycles. The van der Waals surface area contributed by atoms with Crippen LogP contribution in [0.1, 0.15) is 24.8 Å². The number of aryl methyl sites for hydroxylation is 1. The van der Waals surface area contributed by atoms with Gasteiger partial charge in [-0.2, -0.15) is 0 Å². The molecular weight excluding hydrogens is 504 g/mol. The maximum atomic E-state index is 12.7. The predicted molar refractivity (Wildman–Crippen MR) is 147 cm³/mol. The number of hydrogen-bond donors (Lipinski definition) is 2. The van der Waals surface area contributed by atoms with E-state index in [4.69, 9.17) is 4.74 Å². The molecule has 200 valence electrons. The van der Waals surface area contributed by atoms with Crippen LogP contribution in [0.15, 0.2) is 78.9 Å². The number of nitrogens with zero attached hydrogens (tertiary/aromatic N) is 2.